The zero-order chi connectivity index (χ0) is 23.0. The smallest absolute Gasteiger partial charge is 0.410 e. The molecule has 11 heteroatoms. The van der Waals surface area contributed by atoms with Gasteiger partial charge in [0.1, 0.15) is 22.8 Å². The number of hydrogen-bond acceptors (Lipinski definition) is 7. The van der Waals surface area contributed by atoms with E-state index in [9.17, 15) is 13.6 Å². The van der Waals surface area contributed by atoms with Crippen LogP contribution in [-0.2, 0) is 17.3 Å². The van der Waals surface area contributed by atoms with Crippen LogP contribution in [0.1, 0.15) is 39.9 Å². The van der Waals surface area contributed by atoms with Gasteiger partial charge in [0.25, 0.3) is 0 Å². The normalized spacial score (nSPS) is 16.6. The SMILES string of the molecule is CCC(Nc1cc(F)c(SC)c(F)c1)(c1nnnn1C)C1CN(C(=O)OC(C)(C)C)C1. The topological polar surface area (TPSA) is 85.2 Å². The highest BCUT2D eigenvalue weighted by molar-refractivity contribution is 7.98. The standard InChI is InChI=1S/C20H28F2N6O2S/c1-7-20(17-24-25-26-27(17)5,12-10-28(11-12)18(29)30-19(2,3)4)23-13-8-14(21)16(31-6)15(22)9-13/h8-9,12,23H,7,10-11H2,1-6H3. The van der Waals surface area contributed by atoms with Crippen molar-refractivity contribution in [2.45, 2.75) is 50.2 Å². The van der Waals surface area contributed by atoms with Crippen molar-refractivity contribution in [2.24, 2.45) is 13.0 Å². The average molecular weight is 455 g/mol. The van der Waals surface area contributed by atoms with Gasteiger partial charge in [0.2, 0.25) is 0 Å². The Labute approximate surface area is 184 Å². The molecule has 8 nitrogen and oxygen atoms in total. The number of aryl methyl sites for hydroxylation is 1. The van der Waals surface area contributed by atoms with E-state index in [2.05, 4.69) is 20.8 Å². The molecule has 31 heavy (non-hydrogen) atoms. The molecule has 1 N–H and O–H groups in total. The number of tetrazole rings is 1. The monoisotopic (exact) mass is 454 g/mol. The molecule has 1 aromatic carbocycles. The molecular formula is C20H28F2N6O2S. The first-order valence-electron chi connectivity index (χ1n) is 10.0. The van der Waals surface area contributed by atoms with Crippen LogP contribution in [0.5, 0.6) is 0 Å². The maximum Gasteiger partial charge on any atom is 0.410 e. The summed E-state index contributed by atoms with van der Waals surface area (Å²) in [6, 6.07) is 2.54. The second-order valence-electron chi connectivity index (χ2n) is 8.63. The van der Waals surface area contributed by atoms with Gasteiger partial charge in [0.05, 0.1) is 4.90 Å². The number of halogens is 2. The van der Waals surface area contributed by atoms with Gasteiger partial charge in [-0.3, -0.25) is 0 Å². The van der Waals surface area contributed by atoms with Crippen LogP contribution in [-0.4, -0.2) is 56.1 Å². The van der Waals surface area contributed by atoms with E-state index in [-0.39, 0.29) is 16.5 Å². The van der Waals surface area contributed by atoms with Crippen LogP contribution in [0, 0.1) is 17.6 Å². The van der Waals surface area contributed by atoms with E-state index >= 15 is 0 Å². The van der Waals surface area contributed by atoms with E-state index in [1.54, 1.807) is 18.2 Å². The van der Waals surface area contributed by atoms with Gasteiger partial charge in [-0.25, -0.2) is 18.3 Å². The average Bonchev–Trinajstić information content (AvgIpc) is 3.04. The summed E-state index contributed by atoms with van der Waals surface area (Å²) < 4.78 is 35.8. The fourth-order valence-electron chi connectivity index (χ4n) is 3.83. The molecular weight excluding hydrogens is 426 g/mol. The Morgan fingerprint density at radius 1 is 1.29 bits per heavy atom. The highest BCUT2D eigenvalue weighted by atomic mass is 32.2. The largest absolute Gasteiger partial charge is 0.444 e. The number of thioether (sulfide) groups is 1. The van der Waals surface area contributed by atoms with Gasteiger partial charge in [-0.1, -0.05) is 6.92 Å². The molecule has 1 fully saturated rings. The lowest BCUT2D eigenvalue weighted by atomic mass is 9.75. The van der Waals surface area contributed by atoms with E-state index in [0.717, 1.165) is 11.8 Å². The summed E-state index contributed by atoms with van der Waals surface area (Å²) in [6.07, 6.45) is 1.75. The zero-order valence-corrected chi connectivity index (χ0v) is 19.4. The number of hydrogen-bond donors (Lipinski definition) is 1. The summed E-state index contributed by atoms with van der Waals surface area (Å²) in [5.41, 5.74) is -1.14. The minimum atomic E-state index is -0.837. The van der Waals surface area contributed by atoms with Crippen molar-refractivity contribution < 1.29 is 18.3 Å². The third-order valence-corrected chi connectivity index (χ3v) is 6.18. The lowest BCUT2D eigenvalue weighted by Crippen LogP contribution is -2.61. The lowest BCUT2D eigenvalue weighted by Gasteiger charge is -2.49. The van der Waals surface area contributed by atoms with Crippen LogP contribution in [0.2, 0.25) is 0 Å². The molecule has 1 aliphatic heterocycles. The zero-order valence-electron chi connectivity index (χ0n) is 18.6. The van der Waals surface area contributed by atoms with Crippen LogP contribution in [0.3, 0.4) is 0 Å². The predicted octanol–water partition coefficient (Wildman–Crippen LogP) is 3.79. The third kappa shape index (κ3) is 4.60. The fourth-order valence-corrected chi connectivity index (χ4v) is 4.34. The summed E-state index contributed by atoms with van der Waals surface area (Å²) >= 11 is 1.01. The molecule has 1 aromatic heterocycles. The maximum atomic E-state index is 14.4. The highest BCUT2D eigenvalue weighted by Gasteiger charge is 2.50. The fraction of sp³-hybridized carbons (Fsp3) is 0.600. The number of benzene rings is 1. The second kappa shape index (κ2) is 8.60. The first kappa shape index (κ1) is 23.2. The Kier molecular flexibility index (Phi) is 6.45. The van der Waals surface area contributed by atoms with Crippen molar-refractivity contribution in [1.82, 2.24) is 25.1 Å². The molecule has 0 saturated carbocycles. The molecule has 1 saturated heterocycles. The molecule has 0 bridgehead atoms. The molecule has 170 valence electrons. The van der Waals surface area contributed by atoms with Gasteiger partial charge in [-0.05, 0) is 56.0 Å². The van der Waals surface area contributed by atoms with Crippen molar-refractivity contribution in [2.75, 3.05) is 24.7 Å². The highest BCUT2D eigenvalue weighted by Crippen LogP contribution is 2.41. The maximum absolute atomic E-state index is 14.4. The van der Waals surface area contributed by atoms with Crippen LogP contribution in [0.25, 0.3) is 0 Å². The molecule has 1 amide bonds. The Bertz CT molecular complexity index is 934. The molecule has 1 unspecified atom stereocenters. The number of likely N-dealkylation sites (tertiary alicyclic amines) is 1. The molecule has 2 aromatic rings. The molecule has 1 atom stereocenters. The predicted molar refractivity (Wildman–Crippen MR) is 114 cm³/mol. The number of carbonyl (C=O) groups is 1. The quantitative estimate of drug-likeness (QED) is 0.665. The van der Waals surface area contributed by atoms with Crippen LogP contribution < -0.4 is 5.32 Å². The van der Waals surface area contributed by atoms with Crippen molar-refractivity contribution >= 4 is 23.5 Å². The number of nitrogens with one attached hydrogen (secondary N) is 1. The van der Waals surface area contributed by atoms with Crippen LogP contribution in [0.15, 0.2) is 17.0 Å². The summed E-state index contributed by atoms with van der Waals surface area (Å²) in [5, 5.41) is 15.2. The van der Waals surface area contributed by atoms with E-state index in [4.69, 9.17) is 4.74 Å². The molecule has 0 radical (unpaired) electrons. The number of ether oxygens (including phenoxy) is 1. The van der Waals surface area contributed by atoms with Crippen molar-refractivity contribution in [1.29, 1.82) is 0 Å². The van der Waals surface area contributed by atoms with Crippen molar-refractivity contribution in [3.05, 3.63) is 29.6 Å². The van der Waals surface area contributed by atoms with Crippen LogP contribution >= 0.6 is 11.8 Å². The third-order valence-electron chi connectivity index (χ3n) is 5.38. The van der Waals surface area contributed by atoms with Crippen LogP contribution in [0.4, 0.5) is 19.3 Å². The van der Waals surface area contributed by atoms with Gasteiger partial charge >= 0.3 is 6.09 Å². The van der Waals surface area contributed by atoms with Gasteiger partial charge in [0.15, 0.2) is 5.82 Å². The van der Waals surface area contributed by atoms with Gasteiger partial charge in [0, 0.05) is 31.7 Å². The molecule has 2 heterocycles. The number of carbonyl (C=O) groups excluding carboxylic acids is 1. The number of aromatic nitrogens is 4. The summed E-state index contributed by atoms with van der Waals surface area (Å²) in [7, 11) is 1.71. The Morgan fingerprint density at radius 3 is 2.35 bits per heavy atom. The number of rotatable bonds is 6. The first-order chi connectivity index (χ1) is 14.5. The summed E-state index contributed by atoms with van der Waals surface area (Å²) in [4.78, 5) is 14.0. The summed E-state index contributed by atoms with van der Waals surface area (Å²) in [6.45, 7) is 8.18. The first-order valence-corrected chi connectivity index (χ1v) is 11.2. The van der Waals surface area contributed by atoms with E-state index in [1.807, 2.05) is 27.7 Å². The number of amides is 1. The minimum Gasteiger partial charge on any atom is -0.444 e. The molecule has 3 rings (SSSR count). The Hall–Kier alpha value is -2.43. The van der Waals surface area contributed by atoms with Crippen molar-refractivity contribution in [3.8, 4) is 0 Å². The van der Waals surface area contributed by atoms with E-state index in [1.165, 1.54) is 16.8 Å². The molecule has 0 spiro atoms. The minimum absolute atomic E-state index is 0.0345. The molecule has 1 aliphatic rings. The van der Waals surface area contributed by atoms with E-state index < -0.39 is 28.9 Å². The summed E-state index contributed by atoms with van der Waals surface area (Å²) in [5.74, 6) is -0.847. The van der Waals surface area contributed by atoms with E-state index in [0.29, 0.717) is 25.3 Å². The van der Waals surface area contributed by atoms with Crippen molar-refractivity contribution in [3.63, 3.8) is 0 Å². The number of nitrogens with zero attached hydrogens (tertiary/aromatic N) is 5. The lowest BCUT2D eigenvalue weighted by molar-refractivity contribution is -0.0151. The Balaban J connectivity index is 1.92. The van der Waals surface area contributed by atoms with Gasteiger partial charge < -0.3 is 15.0 Å². The molecule has 0 aliphatic carbocycles. The number of anilines is 1. The van der Waals surface area contributed by atoms with Gasteiger partial charge in [-0.2, -0.15) is 0 Å². The second-order valence-corrected chi connectivity index (χ2v) is 9.45. The Morgan fingerprint density at radius 2 is 1.90 bits per heavy atom. The van der Waals surface area contributed by atoms with Gasteiger partial charge in [-0.15, -0.1) is 16.9 Å².